The Labute approximate surface area is 172 Å². The van der Waals surface area contributed by atoms with Crippen molar-refractivity contribution in [2.75, 3.05) is 33.4 Å². The molecule has 2 aromatic carbocycles. The number of morpholine rings is 1. The third-order valence-corrected chi connectivity index (χ3v) is 6.83. The molecular weight excluding hydrogens is 429 g/mol. The van der Waals surface area contributed by atoms with Crippen LogP contribution in [0.4, 0.5) is 0 Å². The molecule has 0 radical (unpaired) electrons. The van der Waals surface area contributed by atoms with Crippen LogP contribution in [0.25, 0.3) is 0 Å². The predicted molar refractivity (Wildman–Crippen MR) is 104 cm³/mol. The third-order valence-electron chi connectivity index (χ3n) is 4.11. The highest BCUT2D eigenvalue weighted by Gasteiger charge is 2.30. The summed E-state index contributed by atoms with van der Waals surface area (Å²) < 4.78 is 42.9. The quantitative estimate of drug-likeness (QED) is 0.518. The predicted octanol–water partition coefficient (Wildman–Crippen LogP) is 3.24. The highest BCUT2D eigenvalue weighted by atomic mass is 35.5. The minimum atomic E-state index is -3.88. The van der Waals surface area contributed by atoms with E-state index in [0.717, 1.165) is 0 Å². The highest BCUT2D eigenvalue weighted by molar-refractivity contribution is 7.89. The lowest BCUT2D eigenvalue weighted by molar-refractivity contribution is 0.0726. The van der Waals surface area contributed by atoms with Crippen LogP contribution in [0, 0.1) is 0 Å². The van der Waals surface area contributed by atoms with Crippen LogP contribution in [0.3, 0.4) is 0 Å². The van der Waals surface area contributed by atoms with Crippen LogP contribution in [-0.2, 0) is 14.8 Å². The molecule has 3 rings (SSSR count). The Bertz CT molecular complexity index is 990. The minimum Gasteiger partial charge on any atom is -0.495 e. The summed E-state index contributed by atoms with van der Waals surface area (Å²) in [5, 5.41) is 0.324. The zero-order valence-corrected chi connectivity index (χ0v) is 17.2. The van der Waals surface area contributed by atoms with E-state index in [1.807, 2.05) is 0 Å². The van der Waals surface area contributed by atoms with Crippen molar-refractivity contribution in [1.82, 2.24) is 4.31 Å². The van der Waals surface area contributed by atoms with Crippen LogP contribution in [-0.4, -0.2) is 52.1 Å². The maximum absolute atomic E-state index is 13.0. The van der Waals surface area contributed by atoms with Gasteiger partial charge in [-0.25, -0.2) is 13.2 Å². The van der Waals surface area contributed by atoms with Gasteiger partial charge in [0, 0.05) is 13.1 Å². The second kappa shape index (κ2) is 8.67. The molecule has 0 spiro atoms. The first-order chi connectivity index (χ1) is 13.3. The largest absolute Gasteiger partial charge is 0.495 e. The molecule has 7 nitrogen and oxygen atoms in total. The third kappa shape index (κ3) is 4.26. The Morgan fingerprint density at radius 3 is 2.50 bits per heavy atom. The molecule has 28 heavy (non-hydrogen) atoms. The second-order valence-electron chi connectivity index (χ2n) is 5.82. The van der Waals surface area contributed by atoms with E-state index in [9.17, 15) is 13.2 Å². The van der Waals surface area contributed by atoms with Crippen molar-refractivity contribution in [3.63, 3.8) is 0 Å². The van der Waals surface area contributed by atoms with Crippen molar-refractivity contribution >= 4 is 39.2 Å². The van der Waals surface area contributed by atoms with E-state index in [1.54, 1.807) is 12.1 Å². The average Bonchev–Trinajstić information content (AvgIpc) is 2.71. The molecule has 1 heterocycles. The fourth-order valence-electron chi connectivity index (χ4n) is 2.65. The van der Waals surface area contributed by atoms with E-state index < -0.39 is 16.0 Å². The second-order valence-corrected chi connectivity index (χ2v) is 8.52. The van der Waals surface area contributed by atoms with E-state index in [2.05, 4.69) is 0 Å². The summed E-state index contributed by atoms with van der Waals surface area (Å²) in [7, 11) is -2.52. The normalized spacial score (nSPS) is 15.2. The lowest BCUT2D eigenvalue weighted by Gasteiger charge is -2.26. The molecule has 150 valence electrons. The molecule has 1 fully saturated rings. The average molecular weight is 446 g/mol. The number of hydrogen-bond donors (Lipinski definition) is 0. The summed E-state index contributed by atoms with van der Waals surface area (Å²) >= 11 is 12.0. The highest BCUT2D eigenvalue weighted by Crippen LogP contribution is 2.33. The lowest BCUT2D eigenvalue weighted by Crippen LogP contribution is -2.40. The van der Waals surface area contributed by atoms with Gasteiger partial charge in [0.15, 0.2) is 5.75 Å². The van der Waals surface area contributed by atoms with Crippen molar-refractivity contribution in [3.8, 4) is 11.5 Å². The number of sulfonamides is 1. The van der Waals surface area contributed by atoms with Gasteiger partial charge < -0.3 is 14.2 Å². The fourth-order valence-corrected chi connectivity index (χ4v) is 4.57. The number of ether oxygens (including phenoxy) is 3. The van der Waals surface area contributed by atoms with Crippen LogP contribution in [0.5, 0.6) is 11.5 Å². The van der Waals surface area contributed by atoms with Crippen LogP contribution < -0.4 is 9.47 Å². The first-order valence-electron chi connectivity index (χ1n) is 8.26. The van der Waals surface area contributed by atoms with Gasteiger partial charge in [-0.05, 0) is 30.3 Å². The van der Waals surface area contributed by atoms with Crippen LogP contribution in [0.15, 0.2) is 41.3 Å². The van der Waals surface area contributed by atoms with Crippen LogP contribution in [0.1, 0.15) is 10.4 Å². The standard InChI is InChI=1S/C18H17Cl2NO6S/c1-25-14-6-5-12(18(22)27-15-4-2-3-13(19)17(15)20)11-16(14)28(23,24)21-7-9-26-10-8-21/h2-6,11H,7-10H2,1H3. The van der Waals surface area contributed by atoms with E-state index >= 15 is 0 Å². The summed E-state index contributed by atoms with van der Waals surface area (Å²) in [6, 6.07) is 8.67. The number of rotatable bonds is 5. The molecule has 0 unspecified atom stereocenters. The summed E-state index contributed by atoms with van der Waals surface area (Å²) in [5.41, 5.74) is 0.0312. The molecule has 0 atom stereocenters. The van der Waals surface area contributed by atoms with Gasteiger partial charge in [0.25, 0.3) is 0 Å². The monoisotopic (exact) mass is 445 g/mol. The van der Waals surface area contributed by atoms with Gasteiger partial charge in [0.05, 0.1) is 30.9 Å². The molecule has 1 aliphatic heterocycles. The van der Waals surface area contributed by atoms with Crippen molar-refractivity contribution in [2.45, 2.75) is 4.90 Å². The van der Waals surface area contributed by atoms with Crippen LogP contribution >= 0.6 is 23.2 Å². The van der Waals surface area contributed by atoms with Gasteiger partial charge in [-0.1, -0.05) is 29.3 Å². The Morgan fingerprint density at radius 2 is 1.82 bits per heavy atom. The fraction of sp³-hybridized carbons (Fsp3) is 0.278. The first-order valence-corrected chi connectivity index (χ1v) is 10.5. The molecule has 0 aliphatic carbocycles. The molecule has 0 aromatic heterocycles. The molecule has 10 heteroatoms. The molecule has 1 saturated heterocycles. The molecular formula is C18H17Cl2NO6S. The van der Waals surface area contributed by atoms with Crippen molar-refractivity contribution < 1.29 is 27.4 Å². The Kier molecular flexibility index (Phi) is 6.47. The van der Waals surface area contributed by atoms with Gasteiger partial charge in [-0.3, -0.25) is 0 Å². The zero-order valence-electron chi connectivity index (χ0n) is 14.9. The molecule has 1 aliphatic rings. The van der Waals surface area contributed by atoms with E-state index in [4.69, 9.17) is 37.4 Å². The number of benzene rings is 2. The summed E-state index contributed by atoms with van der Waals surface area (Å²) in [5.74, 6) is -0.568. The van der Waals surface area contributed by atoms with Crippen molar-refractivity contribution in [3.05, 3.63) is 52.0 Å². The Morgan fingerprint density at radius 1 is 1.11 bits per heavy atom. The number of halogens is 2. The number of methoxy groups -OCH3 is 1. The maximum atomic E-state index is 13.0. The summed E-state index contributed by atoms with van der Waals surface area (Å²) in [6.07, 6.45) is 0. The van der Waals surface area contributed by atoms with E-state index in [1.165, 1.54) is 35.7 Å². The lowest BCUT2D eigenvalue weighted by atomic mass is 10.2. The summed E-state index contributed by atoms with van der Waals surface area (Å²) in [4.78, 5) is 12.4. The van der Waals surface area contributed by atoms with Gasteiger partial charge >= 0.3 is 5.97 Å². The van der Waals surface area contributed by atoms with Crippen molar-refractivity contribution in [1.29, 1.82) is 0 Å². The first kappa shape index (κ1) is 20.9. The Balaban J connectivity index is 1.94. The smallest absolute Gasteiger partial charge is 0.343 e. The summed E-state index contributed by atoms with van der Waals surface area (Å²) in [6.45, 7) is 1.05. The van der Waals surface area contributed by atoms with Gasteiger partial charge in [-0.2, -0.15) is 4.31 Å². The molecule has 0 amide bonds. The van der Waals surface area contributed by atoms with E-state index in [0.29, 0.717) is 13.2 Å². The van der Waals surface area contributed by atoms with Gasteiger partial charge in [-0.15, -0.1) is 0 Å². The number of carbonyl (C=O) groups is 1. The van der Waals surface area contributed by atoms with E-state index in [-0.39, 0.29) is 45.1 Å². The zero-order chi connectivity index (χ0) is 20.3. The number of hydrogen-bond acceptors (Lipinski definition) is 6. The SMILES string of the molecule is COc1ccc(C(=O)Oc2cccc(Cl)c2Cl)cc1S(=O)(=O)N1CCOCC1. The molecule has 0 N–H and O–H groups in total. The Hall–Kier alpha value is -1.84. The van der Waals surface area contributed by atoms with Gasteiger partial charge in [0.1, 0.15) is 15.7 Å². The molecule has 2 aromatic rings. The topological polar surface area (TPSA) is 82.1 Å². The molecule has 0 bridgehead atoms. The number of nitrogens with zero attached hydrogens (tertiary/aromatic N) is 1. The number of esters is 1. The minimum absolute atomic E-state index is 0.0312. The maximum Gasteiger partial charge on any atom is 0.343 e. The van der Waals surface area contributed by atoms with Gasteiger partial charge in [0.2, 0.25) is 10.0 Å². The van der Waals surface area contributed by atoms with Crippen molar-refractivity contribution in [2.24, 2.45) is 0 Å². The van der Waals surface area contributed by atoms with Crippen LogP contribution in [0.2, 0.25) is 10.0 Å². The molecule has 0 saturated carbocycles. The number of carbonyl (C=O) groups excluding carboxylic acids is 1.